The van der Waals surface area contributed by atoms with Crippen molar-refractivity contribution < 1.29 is 9.13 Å². The van der Waals surface area contributed by atoms with E-state index in [1.807, 2.05) is 30.1 Å². The second kappa shape index (κ2) is 10.0. The molecule has 1 saturated heterocycles. The van der Waals surface area contributed by atoms with Crippen LogP contribution in [0.15, 0.2) is 59.8 Å². The molecule has 3 aliphatic rings. The summed E-state index contributed by atoms with van der Waals surface area (Å²) in [6.07, 6.45) is 11.0. The highest BCUT2D eigenvalue weighted by Gasteiger charge is 2.30. The van der Waals surface area contributed by atoms with Gasteiger partial charge in [0, 0.05) is 73.1 Å². The lowest BCUT2D eigenvalue weighted by atomic mass is 9.98. The summed E-state index contributed by atoms with van der Waals surface area (Å²) in [5.74, 6) is 1.77. The minimum Gasteiger partial charge on any atom is -0.380 e. The van der Waals surface area contributed by atoms with Crippen molar-refractivity contribution in [2.75, 3.05) is 13.2 Å². The average Bonchev–Trinajstić information content (AvgIpc) is 3.88. The van der Waals surface area contributed by atoms with E-state index in [-0.39, 0.29) is 11.4 Å². The molecule has 1 aliphatic heterocycles. The Morgan fingerprint density at radius 2 is 1.93 bits per heavy atom. The molecule has 0 bridgehead atoms. The zero-order valence-electron chi connectivity index (χ0n) is 23.6. The van der Waals surface area contributed by atoms with Crippen LogP contribution in [0.25, 0.3) is 39.2 Å². The van der Waals surface area contributed by atoms with Crippen LogP contribution in [0.5, 0.6) is 0 Å². The second-order valence-electron chi connectivity index (χ2n) is 12.0. The zero-order chi connectivity index (χ0) is 28.4. The lowest BCUT2D eigenvalue weighted by molar-refractivity contribution is 0.189. The van der Waals surface area contributed by atoms with Gasteiger partial charge in [0.15, 0.2) is 0 Å². The van der Waals surface area contributed by atoms with Gasteiger partial charge >= 0.3 is 0 Å². The van der Waals surface area contributed by atoms with E-state index >= 15 is 0 Å². The number of hydrogen-bond acceptors (Lipinski definition) is 5. The average molecular weight is 565 g/mol. The molecule has 5 heterocycles. The standard InChI is InChI=1S/C33H33FN6O2/c1-39-10-9-35-32(39)27-14-22(34)6-7-25(27)21-12-29(20-4-5-20)38-30(13-21)40-17-28(19-2-3-19)26-15-24(37-31(26)33(40)41)16-36-23-8-11-42-18-23/h6-7,9-10,12-15,17,19-20,23,36-37H,2-5,8,11,16,18H2,1H3/t23-/m0/s1. The number of nitrogens with zero attached hydrogens (tertiary/aromatic N) is 4. The molecule has 0 unspecified atom stereocenters. The second-order valence-corrected chi connectivity index (χ2v) is 12.0. The molecule has 0 radical (unpaired) electrons. The predicted molar refractivity (Wildman–Crippen MR) is 159 cm³/mol. The summed E-state index contributed by atoms with van der Waals surface area (Å²) in [5, 5.41) is 4.56. The number of nitrogens with one attached hydrogen (secondary N) is 2. The van der Waals surface area contributed by atoms with Gasteiger partial charge < -0.3 is 19.6 Å². The van der Waals surface area contributed by atoms with Crippen LogP contribution < -0.4 is 10.9 Å². The highest BCUT2D eigenvalue weighted by Crippen LogP contribution is 2.44. The number of ether oxygens (including phenoxy) is 1. The Kier molecular flexibility index (Phi) is 6.12. The highest BCUT2D eigenvalue weighted by molar-refractivity contribution is 5.85. The largest absolute Gasteiger partial charge is 0.380 e. The van der Waals surface area contributed by atoms with E-state index in [4.69, 9.17) is 9.72 Å². The van der Waals surface area contributed by atoms with Gasteiger partial charge in [-0.05, 0) is 85.0 Å². The van der Waals surface area contributed by atoms with Gasteiger partial charge in [0.2, 0.25) is 0 Å². The van der Waals surface area contributed by atoms with Crippen LogP contribution >= 0.6 is 0 Å². The first-order chi connectivity index (χ1) is 20.5. The van der Waals surface area contributed by atoms with Gasteiger partial charge in [0.25, 0.3) is 5.56 Å². The first kappa shape index (κ1) is 25.6. The Hall–Kier alpha value is -4.08. The summed E-state index contributed by atoms with van der Waals surface area (Å²) < 4.78 is 23.6. The van der Waals surface area contributed by atoms with Crippen molar-refractivity contribution in [2.45, 2.75) is 56.5 Å². The number of aromatic nitrogens is 5. The molecule has 3 fully saturated rings. The zero-order valence-corrected chi connectivity index (χ0v) is 23.6. The van der Waals surface area contributed by atoms with Gasteiger partial charge in [-0.15, -0.1) is 0 Å². The maximum atomic E-state index is 14.5. The van der Waals surface area contributed by atoms with Crippen LogP contribution in [0.1, 0.15) is 60.9 Å². The minimum atomic E-state index is -0.318. The van der Waals surface area contributed by atoms with E-state index in [9.17, 15) is 9.18 Å². The van der Waals surface area contributed by atoms with E-state index in [0.29, 0.717) is 47.1 Å². The fourth-order valence-corrected chi connectivity index (χ4v) is 6.21. The van der Waals surface area contributed by atoms with E-state index in [0.717, 1.165) is 73.2 Å². The van der Waals surface area contributed by atoms with E-state index in [1.54, 1.807) is 16.8 Å². The Morgan fingerprint density at radius 1 is 1.07 bits per heavy atom. The minimum absolute atomic E-state index is 0.111. The number of rotatable bonds is 8. The molecule has 8 nitrogen and oxygen atoms in total. The molecular formula is C33H33FN6O2. The first-order valence-corrected chi connectivity index (χ1v) is 14.9. The van der Waals surface area contributed by atoms with Gasteiger partial charge in [0.1, 0.15) is 23.0 Å². The number of benzene rings is 1. The van der Waals surface area contributed by atoms with Crippen LogP contribution in [0.3, 0.4) is 0 Å². The molecule has 2 saturated carbocycles. The Morgan fingerprint density at radius 3 is 2.67 bits per heavy atom. The van der Waals surface area contributed by atoms with Crippen molar-refractivity contribution in [3.05, 3.63) is 88.1 Å². The van der Waals surface area contributed by atoms with Gasteiger partial charge in [-0.25, -0.2) is 14.4 Å². The lowest BCUT2D eigenvalue weighted by Crippen LogP contribution is -2.28. The number of aromatic amines is 1. The SMILES string of the molecule is Cn1ccnc1-c1cc(F)ccc1-c1cc(C2CC2)nc(-n2cc(C3CC3)c3cc(CN[C@H]4CCOC4)[nH]c3c2=O)c1. The molecule has 1 atom stereocenters. The Labute approximate surface area is 242 Å². The van der Waals surface area contributed by atoms with Crippen LogP contribution in [-0.2, 0) is 18.3 Å². The maximum Gasteiger partial charge on any atom is 0.280 e. The topological polar surface area (TPSA) is 89.8 Å². The molecule has 2 aliphatic carbocycles. The van der Waals surface area contributed by atoms with Crippen molar-refractivity contribution in [3.8, 4) is 28.3 Å². The monoisotopic (exact) mass is 564 g/mol. The number of H-pyrrole nitrogens is 1. The fraction of sp³-hybridized carbons (Fsp3) is 0.364. The van der Waals surface area contributed by atoms with Crippen molar-refractivity contribution >= 4 is 10.9 Å². The summed E-state index contributed by atoms with van der Waals surface area (Å²) in [7, 11) is 1.90. The van der Waals surface area contributed by atoms with E-state index in [2.05, 4.69) is 27.4 Å². The normalized spacial score (nSPS) is 18.8. The quantitative estimate of drug-likeness (QED) is 0.258. The molecule has 214 valence electrons. The third-order valence-corrected chi connectivity index (χ3v) is 8.84. The van der Waals surface area contributed by atoms with Gasteiger partial charge in [0.05, 0.1) is 6.61 Å². The number of hydrogen-bond donors (Lipinski definition) is 2. The first-order valence-electron chi connectivity index (χ1n) is 14.9. The van der Waals surface area contributed by atoms with Crippen molar-refractivity contribution in [2.24, 2.45) is 7.05 Å². The molecular weight excluding hydrogens is 531 g/mol. The number of halogens is 1. The number of imidazole rings is 1. The van der Waals surface area contributed by atoms with Gasteiger partial charge in [-0.3, -0.25) is 9.36 Å². The van der Waals surface area contributed by atoms with Gasteiger partial charge in [-0.1, -0.05) is 6.07 Å². The summed E-state index contributed by atoms with van der Waals surface area (Å²) in [4.78, 5) is 27.0. The molecule has 1 aromatic carbocycles. The molecule has 42 heavy (non-hydrogen) atoms. The Balaban J connectivity index is 1.26. The van der Waals surface area contributed by atoms with Crippen LogP contribution in [0.4, 0.5) is 4.39 Å². The fourth-order valence-electron chi connectivity index (χ4n) is 6.21. The molecule has 4 aromatic heterocycles. The molecule has 5 aromatic rings. The van der Waals surface area contributed by atoms with E-state index < -0.39 is 0 Å². The van der Waals surface area contributed by atoms with E-state index in [1.165, 1.54) is 17.7 Å². The number of aryl methyl sites for hydroxylation is 1. The summed E-state index contributed by atoms with van der Waals surface area (Å²) in [6, 6.07) is 11.3. The summed E-state index contributed by atoms with van der Waals surface area (Å²) >= 11 is 0. The van der Waals surface area contributed by atoms with Gasteiger partial charge in [-0.2, -0.15) is 0 Å². The number of pyridine rings is 2. The third-order valence-electron chi connectivity index (χ3n) is 8.84. The van der Waals surface area contributed by atoms with Crippen LogP contribution in [-0.4, -0.2) is 43.3 Å². The smallest absolute Gasteiger partial charge is 0.280 e. The molecule has 0 spiro atoms. The predicted octanol–water partition coefficient (Wildman–Crippen LogP) is 5.55. The van der Waals surface area contributed by atoms with Crippen molar-refractivity contribution in [1.82, 2.24) is 29.4 Å². The molecule has 9 heteroatoms. The van der Waals surface area contributed by atoms with Crippen molar-refractivity contribution in [3.63, 3.8) is 0 Å². The van der Waals surface area contributed by atoms with Crippen molar-refractivity contribution in [1.29, 1.82) is 0 Å². The third kappa shape index (κ3) is 4.66. The maximum absolute atomic E-state index is 14.5. The summed E-state index contributed by atoms with van der Waals surface area (Å²) in [5.41, 5.74) is 6.12. The molecule has 2 N–H and O–H groups in total. The lowest BCUT2D eigenvalue weighted by Gasteiger charge is -2.15. The van der Waals surface area contributed by atoms with Crippen LogP contribution in [0.2, 0.25) is 0 Å². The molecule has 0 amide bonds. The number of fused-ring (bicyclic) bond motifs is 1. The highest BCUT2D eigenvalue weighted by atomic mass is 19.1. The summed E-state index contributed by atoms with van der Waals surface area (Å²) in [6.45, 7) is 2.17. The molecule has 8 rings (SSSR count). The van der Waals surface area contributed by atoms with Crippen LogP contribution in [0, 0.1) is 5.82 Å². The Bertz CT molecular complexity index is 1870.